The van der Waals surface area contributed by atoms with Crippen LogP contribution in [-0.2, 0) is 22.4 Å². The van der Waals surface area contributed by atoms with Crippen LogP contribution in [0, 0.1) is 0 Å². The maximum Gasteiger partial charge on any atom is 0.269 e. The van der Waals surface area contributed by atoms with Gasteiger partial charge in [0.05, 0.1) is 8.95 Å². The van der Waals surface area contributed by atoms with E-state index in [9.17, 15) is 30.2 Å². The van der Waals surface area contributed by atoms with Crippen LogP contribution in [0.1, 0.15) is 38.8 Å². The number of phenols is 2. The van der Waals surface area contributed by atoms with Crippen molar-refractivity contribution in [3.05, 3.63) is 56.5 Å². The molecule has 0 heterocycles. The molecule has 0 saturated heterocycles. The summed E-state index contributed by atoms with van der Waals surface area (Å²) in [6, 6.07) is 9.54. The molecule has 0 aliphatic carbocycles. The molecular weight excluding hydrogens is 688 g/mol. The summed E-state index contributed by atoms with van der Waals surface area (Å²) in [6.07, 6.45) is 0.166. The average molecular weight is 721 g/mol. The molecule has 2 aromatic rings. The molecule has 0 aliphatic rings. The zero-order valence-corrected chi connectivity index (χ0v) is 27.2. The Labute approximate surface area is 257 Å². The molecule has 40 heavy (non-hydrogen) atoms. The van der Waals surface area contributed by atoms with Gasteiger partial charge in [0.1, 0.15) is 22.9 Å². The molecular formula is C26H32Br2N4O6S2. The van der Waals surface area contributed by atoms with Gasteiger partial charge in [-0.05, 0) is 94.9 Å². The summed E-state index contributed by atoms with van der Waals surface area (Å²) in [4.78, 5) is 25.3. The first-order valence-electron chi connectivity index (χ1n) is 12.0. The van der Waals surface area contributed by atoms with Gasteiger partial charge in [-0.25, -0.2) is 0 Å². The molecule has 6 N–H and O–H groups in total. The minimum Gasteiger partial charge on any atom is -0.507 e. The number of hydrogen-bond donors (Lipinski definition) is 6. The highest BCUT2D eigenvalue weighted by atomic mass is 79.9. The Bertz CT molecular complexity index is 1190. The fourth-order valence-electron chi connectivity index (χ4n) is 3.10. The lowest BCUT2D eigenvalue weighted by Gasteiger charge is -2.30. The third kappa shape index (κ3) is 10.9. The molecule has 0 spiro atoms. The van der Waals surface area contributed by atoms with Crippen LogP contribution in [0.25, 0.3) is 0 Å². The number of rotatable bonds is 13. The van der Waals surface area contributed by atoms with E-state index in [-0.39, 0.29) is 48.9 Å². The summed E-state index contributed by atoms with van der Waals surface area (Å²) in [5.41, 5.74) is 1.25. The van der Waals surface area contributed by atoms with Crippen molar-refractivity contribution in [1.29, 1.82) is 0 Å². The summed E-state index contributed by atoms with van der Waals surface area (Å²) >= 11 is 6.45. The Morgan fingerprint density at radius 2 is 1.10 bits per heavy atom. The number of oxime groups is 2. The molecule has 218 valence electrons. The second kappa shape index (κ2) is 15.0. The maximum absolute atomic E-state index is 12.6. The van der Waals surface area contributed by atoms with Crippen LogP contribution >= 0.6 is 53.4 Å². The highest BCUT2D eigenvalue weighted by Gasteiger charge is 2.28. The molecule has 0 aromatic heterocycles. The second-order valence-corrected chi connectivity index (χ2v) is 15.3. The van der Waals surface area contributed by atoms with E-state index in [2.05, 4.69) is 52.8 Å². The quantitative estimate of drug-likeness (QED) is 0.0709. The lowest BCUT2D eigenvalue weighted by Crippen LogP contribution is -2.42. The molecule has 0 fully saturated rings. The normalized spacial score (nSPS) is 12.8. The minimum absolute atomic E-state index is 0.0601. The van der Waals surface area contributed by atoms with Crippen molar-refractivity contribution in [1.82, 2.24) is 10.6 Å². The number of nitrogens with one attached hydrogen (secondary N) is 2. The Morgan fingerprint density at radius 1 is 0.750 bits per heavy atom. The smallest absolute Gasteiger partial charge is 0.269 e. The van der Waals surface area contributed by atoms with Gasteiger partial charge in [0, 0.05) is 35.4 Å². The highest BCUT2D eigenvalue weighted by Crippen LogP contribution is 2.43. The first-order valence-corrected chi connectivity index (χ1v) is 15.7. The van der Waals surface area contributed by atoms with Crippen molar-refractivity contribution in [2.75, 3.05) is 13.1 Å². The number of aromatic hydroxyl groups is 2. The maximum atomic E-state index is 12.6. The fraction of sp³-hybridized carbons (Fsp3) is 0.385. The van der Waals surface area contributed by atoms with Crippen LogP contribution in [0.15, 0.2) is 55.7 Å². The van der Waals surface area contributed by atoms with Crippen LogP contribution in [0.3, 0.4) is 0 Å². The van der Waals surface area contributed by atoms with Gasteiger partial charge in [0.2, 0.25) is 0 Å². The van der Waals surface area contributed by atoms with Crippen LogP contribution in [0.2, 0.25) is 0 Å². The average Bonchev–Trinajstić information content (AvgIpc) is 2.90. The minimum atomic E-state index is -0.506. The third-order valence-corrected chi connectivity index (χ3v) is 10.9. The third-order valence-electron chi connectivity index (χ3n) is 5.38. The first kappa shape index (κ1) is 33.8. The summed E-state index contributed by atoms with van der Waals surface area (Å²) in [5.74, 6) is -0.875. The van der Waals surface area contributed by atoms with Crippen LogP contribution in [0.5, 0.6) is 11.5 Å². The van der Waals surface area contributed by atoms with Crippen molar-refractivity contribution in [2.45, 2.75) is 50.0 Å². The monoisotopic (exact) mass is 718 g/mol. The van der Waals surface area contributed by atoms with Crippen molar-refractivity contribution < 1.29 is 30.2 Å². The molecule has 14 heteroatoms. The van der Waals surface area contributed by atoms with E-state index in [1.165, 1.54) is 33.7 Å². The molecule has 0 bridgehead atoms. The van der Waals surface area contributed by atoms with Gasteiger partial charge < -0.3 is 31.3 Å². The van der Waals surface area contributed by atoms with Gasteiger partial charge in [-0.3, -0.25) is 9.59 Å². The zero-order chi connectivity index (χ0) is 30.1. The number of benzene rings is 2. The van der Waals surface area contributed by atoms with Crippen molar-refractivity contribution in [2.24, 2.45) is 10.3 Å². The van der Waals surface area contributed by atoms with E-state index in [0.717, 1.165) is 0 Å². The summed E-state index contributed by atoms with van der Waals surface area (Å²) in [7, 11) is 3.06. The lowest BCUT2D eigenvalue weighted by molar-refractivity contribution is -0.115. The van der Waals surface area contributed by atoms with Crippen molar-refractivity contribution in [3.63, 3.8) is 0 Å². The molecule has 0 radical (unpaired) electrons. The van der Waals surface area contributed by atoms with Gasteiger partial charge in [0.15, 0.2) is 0 Å². The van der Waals surface area contributed by atoms with E-state index in [1.54, 1.807) is 24.3 Å². The molecule has 2 rings (SSSR count). The van der Waals surface area contributed by atoms with Crippen molar-refractivity contribution >= 4 is 76.7 Å². The van der Waals surface area contributed by atoms with Crippen LogP contribution in [-0.4, -0.2) is 66.4 Å². The standard InChI is InChI=1S/C26H32Br2N4O6S2/c1-25(2,13-29-23(35)19(31-37)11-15-5-7-21(33)17(27)9-15)39-40-26(3,4)14-30-24(36)20(32-38)12-16-6-8-22(34)18(28)10-16/h5-10,33-34,37-38H,11-14H2,1-4H3,(H,29,35)(H,30,36)/b31-19+,32-20+. The summed E-state index contributed by atoms with van der Waals surface area (Å²) in [6.45, 7) is 8.40. The van der Waals surface area contributed by atoms with E-state index in [0.29, 0.717) is 20.1 Å². The largest absolute Gasteiger partial charge is 0.507 e. The Balaban J connectivity index is 1.85. The first-order chi connectivity index (χ1) is 18.7. The van der Waals surface area contributed by atoms with Gasteiger partial charge in [-0.1, -0.05) is 44.0 Å². The van der Waals surface area contributed by atoms with Gasteiger partial charge >= 0.3 is 0 Å². The van der Waals surface area contributed by atoms with E-state index in [4.69, 9.17) is 0 Å². The lowest BCUT2D eigenvalue weighted by atomic mass is 10.1. The molecule has 0 atom stereocenters. The number of carbonyl (C=O) groups excluding carboxylic acids is 2. The van der Waals surface area contributed by atoms with Gasteiger partial charge in [-0.15, -0.1) is 0 Å². The van der Waals surface area contributed by atoms with E-state index < -0.39 is 21.3 Å². The Morgan fingerprint density at radius 3 is 1.40 bits per heavy atom. The zero-order valence-electron chi connectivity index (χ0n) is 22.4. The number of halogens is 2. The SMILES string of the molecule is CC(C)(CNC(=O)/C(Cc1ccc(O)c(Br)c1)=N/O)SSC(C)(C)CNC(=O)/C(Cc1ccc(O)c(Br)c1)=N/O. The molecule has 10 nitrogen and oxygen atoms in total. The fourth-order valence-corrected chi connectivity index (χ4v) is 6.38. The molecule has 0 aliphatic heterocycles. The molecule has 2 aromatic carbocycles. The van der Waals surface area contributed by atoms with E-state index in [1.807, 2.05) is 27.7 Å². The number of phenolic OH excluding ortho intramolecular Hbond substituents is 2. The number of hydrogen-bond acceptors (Lipinski definition) is 10. The van der Waals surface area contributed by atoms with Gasteiger partial charge in [0.25, 0.3) is 11.8 Å². The molecule has 0 saturated carbocycles. The van der Waals surface area contributed by atoms with Crippen molar-refractivity contribution in [3.8, 4) is 11.5 Å². The number of carbonyl (C=O) groups is 2. The van der Waals surface area contributed by atoms with Crippen LogP contribution in [0.4, 0.5) is 0 Å². The Hall–Kier alpha value is -2.42. The predicted molar refractivity (Wildman–Crippen MR) is 167 cm³/mol. The second-order valence-electron chi connectivity index (χ2n) is 10.1. The number of amides is 2. The predicted octanol–water partition coefficient (Wildman–Crippen LogP) is 5.24. The highest BCUT2D eigenvalue weighted by molar-refractivity contribution is 9.11. The Kier molecular flexibility index (Phi) is 12.7. The van der Waals surface area contributed by atoms with E-state index >= 15 is 0 Å². The summed E-state index contributed by atoms with van der Waals surface area (Å²) < 4.78 is 0.129. The summed E-state index contributed by atoms with van der Waals surface area (Å²) in [5, 5.41) is 49.9. The van der Waals surface area contributed by atoms with Gasteiger partial charge in [-0.2, -0.15) is 0 Å². The number of nitrogens with zero attached hydrogens (tertiary/aromatic N) is 2. The molecule has 2 amide bonds. The van der Waals surface area contributed by atoms with Crippen LogP contribution < -0.4 is 10.6 Å². The topological polar surface area (TPSA) is 164 Å². The molecule has 0 unspecified atom stereocenters.